The Balaban J connectivity index is 1.55. The zero-order valence-corrected chi connectivity index (χ0v) is 18.7. The van der Waals surface area contributed by atoms with E-state index >= 15 is 0 Å². The molecule has 1 amide bonds. The molecule has 2 heterocycles. The number of sulfone groups is 1. The molecule has 0 N–H and O–H groups in total. The lowest BCUT2D eigenvalue weighted by atomic mass is 9.74. The van der Waals surface area contributed by atoms with Crippen molar-refractivity contribution in [3.63, 3.8) is 0 Å². The van der Waals surface area contributed by atoms with Crippen LogP contribution < -0.4 is 0 Å². The highest BCUT2D eigenvalue weighted by molar-refractivity contribution is 7.91. The molecule has 1 aromatic carbocycles. The maximum absolute atomic E-state index is 12.8. The van der Waals surface area contributed by atoms with Gasteiger partial charge in [-0.1, -0.05) is 30.3 Å². The van der Waals surface area contributed by atoms with E-state index in [0.29, 0.717) is 45.4 Å². The van der Waals surface area contributed by atoms with Crippen molar-refractivity contribution >= 4 is 21.7 Å². The summed E-state index contributed by atoms with van der Waals surface area (Å²) in [5.74, 6) is 0.118. The molecule has 0 bridgehead atoms. The molecule has 2 fully saturated rings. The Morgan fingerprint density at radius 3 is 2.47 bits per heavy atom. The van der Waals surface area contributed by atoms with E-state index in [1.54, 1.807) is 4.90 Å². The van der Waals surface area contributed by atoms with E-state index in [9.17, 15) is 18.0 Å². The third kappa shape index (κ3) is 5.84. The first-order chi connectivity index (χ1) is 14.3. The summed E-state index contributed by atoms with van der Waals surface area (Å²) in [6.07, 6.45) is 4.65. The van der Waals surface area contributed by atoms with Gasteiger partial charge in [0.2, 0.25) is 5.91 Å². The molecule has 0 aromatic heterocycles. The summed E-state index contributed by atoms with van der Waals surface area (Å²) < 4.78 is 28.7. The summed E-state index contributed by atoms with van der Waals surface area (Å²) in [5.41, 5.74) is 0.730. The van der Waals surface area contributed by atoms with E-state index in [2.05, 4.69) is 12.1 Å². The lowest BCUT2D eigenvalue weighted by Crippen LogP contribution is -2.47. The summed E-state index contributed by atoms with van der Waals surface area (Å²) in [6, 6.07) is 10.2. The molecule has 7 heteroatoms. The van der Waals surface area contributed by atoms with E-state index in [4.69, 9.17) is 4.74 Å². The second kappa shape index (κ2) is 9.94. The van der Waals surface area contributed by atoms with Crippen LogP contribution in [0.2, 0.25) is 0 Å². The normalized spacial score (nSPS) is 22.6. The molecule has 2 aliphatic heterocycles. The van der Waals surface area contributed by atoms with Gasteiger partial charge in [-0.05, 0) is 56.9 Å². The molecule has 1 atom stereocenters. The Labute approximate surface area is 179 Å². The molecule has 2 aliphatic rings. The largest absolute Gasteiger partial charge is 0.466 e. The minimum Gasteiger partial charge on any atom is -0.466 e. The van der Waals surface area contributed by atoms with Crippen molar-refractivity contribution in [2.45, 2.75) is 51.9 Å². The predicted octanol–water partition coefficient (Wildman–Crippen LogP) is 3.01. The van der Waals surface area contributed by atoms with E-state index in [0.717, 1.165) is 19.3 Å². The number of aryl methyl sites for hydroxylation is 1. The molecule has 1 aromatic rings. The molecule has 166 valence electrons. The van der Waals surface area contributed by atoms with Crippen LogP contribution >= 0.6 is 0 Å². The van der Waals surface area contributed by atoms with Crippen LogP contribution in [0.15, 0.2) is 30.3 Å². The highest BCUT2D eigenvalue weighted by Gasteiger charge is 2.43. The molecular formula is C23H33NO5S. The standard InChI is InChI=1S/C23H33NO5S/c1-2-29-22(26)23(11-6-9-19-7-4-3-5-8-19)12-14-24(15-13-23)21(25)17-20-10-16-30(27,28)18-20/h3-5,7-8,20H,2,6,9-18H2,1H3/t20-/m0/s1. The summed E-state index contributed by atoms with van der Waals surface area (Å²) in [7, 11) is -2.97. The van der Waals surface area contributed by atoms with Gasteiger partial charge in [-0.15, -0.1) is 0 Å². The minimum absolute atomic E-state index is 0.0128. The van der Waals surface area contributed by atoms with Crippen molar-refractivity contribution < 1.29 is 22.7 Å². The van der Waals surface area contributed by atoms with Crippen molar-refractivity contribution in [1.29, 1.82) is 0 Å². The smallest absolute Gasteiger partial charge is 0.312 e. The van der Waals surface area contributed by atoms with Crippen molar-refractivity contribution in [1.82, 2.24) is 4.90 Å². The maximum atomic E-state index is 12.8. The van der Waals surface area contributed by atoms with Crippen molar-refractivity contribution in [3.8, 4) is 0 Å². The molecule has 0 unspecified atom stereocenters. The summed E-state index contributed by atoms with van der Waals surface area (Å²) in [6.45, 7) is 3.24. The third-order valence-corrected chi connectivity index (χ3v) is 8.37. The maximum Gasteiger partial charge on any atom is 0.312 e. The molecule has 0 spiro atoms. The number of hydrogen-bond donors (Lipinski definition) is 0. The van der Waals surface area contributed by atoms with Crippen LogP contribution in [0.5, 0.6) is 0 Å². The molecule has 0 saturated carbocycles. The second-order valence-electron chi connectivity index (χ2n) is 8.69. The fraction of sp³-hybridized carbons (Fsp3) is 0.652. The van der Waals surface area contributed by atoms with E-state index in [-0.39, 0.29) is 29.3 Å². The number of ether oxygens (including phenoxy) is 1. The van der Waals surface area contributed by atoms with Crippen LogP contribution in [0.4, 0.5) is 0 Å². The van der Waals surface area contributed by atoms with Crippen LogP contribution in [0.3, 0.4) is 0 Å². The Kier molecular flexibility index (Phi) is 7.55. The number of carbonyl (C=O) groups is 2. The number of likely N-dealkylation sites (tertiary alicyclic amines) is 1. The van der Waals surface area contributed by atoms with Gasteiger partial charge in [-0.25, -0.2) is 8.42 Å². The summed E-state index contributed by atoms with van der Waals surface area (Å²) in [4.78, 5) is 27.3. The Morgan fingerprint density at radius 2 is 1.87 bits per heavy atom. The lowest BCUT2D eigenvalue weighted by molar-refractivity contribution is -0.161. The average molecular weight is 436 g/mol. The van der Waals surface area contributed by atoms with Gasteiger partial charge in [0, 0.05) is 19.5 Å². The quantitative estimate of drug-likeness (QED) is 0.587. The molecule has 2 saturated heterocycles. The minimum atomic E-state index is -2.97. The van der Waals surface area contributed by atoms with Gasteiger partial charge in [-0.2, -0.15) is 0 Å². The number of rotatable bonds is 8. The molecule has 0 aliphatic carbocycles. The monoisotopic (exact) mass is 435 g/mol. The van der Waals surface area contributed by atoms with Crippen LogP contribution in [0.25, 0.3) is 0 Å². The number of carbonyl (C=O) groups excluding carboxylic acids is 2. The Hall–Kier alpha value is -1.89. The highest BCUT2D eigenvalue weighted by atomic mass is 32.2. The number of hydrogen-bond acceptors (Lipinski definition) is 5. The van der Waals surface area contributed by atoms with Gasteiger partial charge >= 0.3 is 5.97 Å². The molecule has 3 rings (SSSR count). The molecule has 0 radical (unpaired) electrons. The van der Waals surface area contributed by atoms with Gasteiger partial charge in [-0.3, -0.25) is 9.59 Å². The second-order valence-corrected chi connectivity index (χ2v) is 10.9. The van der Waals surface area contributed by atoms with Gasteiger partial charge in [0.1, 0.15) is 0 Å². The van der Waals surface area contributed by atoms with Crippen LogP contribution in [-0.4, -0.2) is 56.4 Å². The molecule has 6 nitrogen and oxygen atoms in total. The summed E-state index contributed by atoms with van der Waals surface area (Å²) in [5, 5.41) is 0. The van der Waals surface area contributed by atoms with Crippen LogP contribution in [0, 0.1) is 11.3 Å². The Bertz CT molecular complexity index is 828. The van der Waals surface area contributed by atoms with Crippen LogP contribution in [-0.2, 0) is 30.6 Å². The number of nitrogens with zero attached hydrogens (tertiary/aromatic N) is 1. The summed E-state index contributed by atoms with van der Waals surface area (Å²) >= 11 is 0. The van der Waals surface area contributed by atoms with Gasteiger partial charge in [0.15, 0.2) is 9.84 Å². The molecular weight excluding hydrogens is 402 g/mol. The fourth-order valence-corrected chi connectivity index (χ4v) is 6.57. The number of benzene rings is 1. The van der Waals surface area contributed by atoms with Crippen molar-refractivity contribution in [2.24, 2.45) is 11.3 Å². The SMILES string of the molecule is CCOC(=O)C1(CCCc2ccccc2)CCN(C(=O)C[C@@H]2CCS(=O)(=O)C2)CC1. The van der Waals surface area contributed by atoms with Gasteiger partial charge in [0.25, 0.3) is 0 Å². The first kappa shape index (κ1) is 22.8. The average Bonchev–Trinajstić information content (AvgIpc) is 3.07. The van der Waals surface area contributed by atoms with Gasteiger partial charge in [0.05, 0.1) is 23.5 Å². The zero-order chi connectivity index (χ0) is 21.6. The zero-order valence-electron chi connectivity index (χ0n) is 17.8. The van der Waals surface area contributed by atoms with Crippen molar-refractivity contribution in [3.05, 3.63) is 35.9 Å². The van der Waals surface area contributed by atoms with E-state index < -0.39 is 15.3 Å². The lowest BCUT2D eigenvalue weighted by Gasteiger charge is -2.40. The fourth-order valence-electron chi connectivity index (χ4n) is 4.71. The topological polar surface area (TPSA) is 80.8 Å². The van der Waals surface area contributed by atoms with Gasteiger partial charge < -0.3 is 9.64 Å². The number of amides is 1. The van der Waals surface area contributed by atoms with Crippen molar-refractivity contribution in [2.75, 3.05) is 31.2 Å². The van der Waals surface area contributed by atoms with E-state index in [1.165, 1.54) is 5.56 Å². The molecule has 30 heavy (non-hydrogen) atoms. The third-order valence-electron chi connectivity index (χ3n) is 6.54. The van der Waals surface area contributed by atoms with E-state index in [1.807, 2.05) is 25.1 Å². The highest BCUT2D eigenvalue weighted by Crippen LogP contribution is 2.38. The van der Waals surface area contributed by atoms with Crippen LogP contribution in [0.1, 0.15) is 51.0 Å². The first-order valence-corrected chi connectivity index (χ1v) is 12.8. The first-order valence-electron chi connectivity index (χ1n) is 11.0. The number of piperidine rings is 1. The predicted molar refractivity (Wildman–Crippen MR) is 116 cm³/mol. The number of esters is 1. The Morgan fingerprint density at radius 1 is 1.17 bits per heavy atom.